The standard InChI is InChI=1S/C26H39NO11Si/c1-14(28)34-20-21(35-15(2)29)23(36-16(3)30)25(38-22(20)24(31)32-7)37-19-11-10-17(12-18(19)27)13-33-39(8,9)26(4,5)6/h10-12,20-23,25H,13,27H2,1-9H3. The van der Waals surface area contributed by atoms with Gasteiger partial charge in [0.2, 0.25) is 12.4 Å². The molecule has 0 saturated carbocycles. The van der Waals surface area contributed by atoms with Gasteiger partial charge < -0.3 is 38.6 Å². The number of nitrogen functional groups attached to an aromatic ring is 1. The Morgan fingerprint density at radius 1 is 0.923 bits per heavy atom. The SMILES string of the molecule is COC(=O)C1OC(Oc2ccc(CO[Si](C)(C)C(C)(C)C)cc2N)C(OC(C)=O)C(OC(C)=O)C1OC(C)=O. The number of benzene rings is 1. The lowest BCUT2D eigenvalue weighted by Crippen LogP contribution is -2.64. The van der Waals surface area contributed by atoms with Gasteiger partial charge >= 0.3 is 23.9 Å². The van der Waals surface area contributed by atoms with Crippen LogP contribution >= 0.6 is 0 Å². The summed E-state index contributed by atoms with van der Waals surface area (Å²) in [6.45, 7) is 14.4. The van der Waals surface area contributed by atoms with Crippen LogP contribution in [-0.2, 0) is 53.9 Å². The molecule has 1 aromatic rings. The van der Waals surface area contributed by atoms with Crippen LogP contribution in [0.25, 0.3) is 0 Å². The van der Waals surface area contributed by atoms with E-state index in [0.29, 0.717) is 6.61 Å². The lowest BCUT2D eigenvalue weighted by Gasteiger charge is -2.43. The number of nitrogens with two attached hydrogens (primary N) is 1. The Balaban J connectivity index is 2.41. The first-order valence-electron chi connectivity index (χ1n) is 12.4. The molecule has 0 bridgehead atoms. The van der Waals surface area contributed by atoms with Crippen LogP contribution in [0.3, 0.4) is 0 Å². The Morgan fingerprint density at radius 2 is 1.46 bits per heavy atom. The van der Waals surface area contributed by atoms with Gasteiger partial charge in [0.15, 0.2) is 26.6 Å². The molecule has 1 heterocycles. The molecule has 0 amide bonds. The third-order valence-corrected chi connectivity index (χ3v) is 11.0. The van der Waals surface area contributed by atoms with Crippen molar-refractivity contribution in [3.05, 3.63) is 23.8 Å². The van der Waals surface area contributed by atoms with Gasteiger partial charge in [-0.25, -0.2) is 4.79 Å². The second-order valence-corrected chi connectivity index (χ2v) is 15.5. The maximum Gasteiger partial charge on any atom is 0.339 e. The summed E-state index contributed by atoms with van der Waals surface area (Å²) in [6, 6.07) is 5.01. The van der Waals surface area contributed by atoms with Crippen molar-refractivity contribution in [2.24, 2.45) is 0 Å². The lowest BCUT2D eigenvalue weighted by atomic mass is 9.97. The van der Waals surface area contributed by atoms with Crippen LogP contribution in [0, 0.1) is 0 Å². The zero-order chi connectivity index (χ0) is 29.7. The molecule has 5 unspecified atom stereocenters. The predicted molar refractivity (Wildman–Crippen MR) is 141 cm³/mol. The minimum absolute atomic E-state index is 0.0320. The van der Waals surface area contributed by atoms with Gasteiger partial charge in [-0.1, -0.05) is 26.8 Å². The average molecular weight is 570 g/mol. The molecule has 1 aliphatic heterocycles. The molecule has 0 aromatic heterocycles. The summed E-state index contributed by atoms with van der Waals surface area (Å²) in [5, 5.41) is 0.0320. The smallest absolute Gasteiger partial charge is 0.339 e. The van der Waals surface area contributed by atoms with Crippen LogP contribution in [0.2, 0.25) is 18.1 Å². The number of ether oxygens (including phenoxy) is 6. The maximum atomic E-state index is 12.6. The maximum absolute atomic E-state index is 12.6. The van der Waals surface area contributed by atoms with Crippen LogP contribution < -0.4 is 10.5 Å². The number of esters is 4. The number of carbonyl (C=O) groups is 4. The lowest BCUT2D eigenvalue weighted by molar-refractivity contribution is -0.282. The highest BCUT2D eigenvalue weighted by atomic mass is 28.4. The summed E-state index contributed by atoms with van der Waals surface area (Å²) in [5.74, 6) is -3.14. The van der Waals surface area contributed by atoms with E-state index in [1.165, 1.54) is 0 Å². The van der Waals surface area contributed by atoms with E-state index in [1.54, 1.807) is 18.2 Å². The Morgan fingerprint density at radius 3 is 1.95 bits per heavy atom. The summed E-state index contributed by atoms with van der Waals surface area (Å²) < 4.78 is 38.7. The highest BCUT2D eigenvalue weighted by Crippen LogP contribution is 2.38. The molecular weight excluding hydrogens is 530 g/mol. The van der Waals surface area contributed by atoms with E-state index in [2.05, 4.69) is 33.9 Å². The second kappa shape index (κ2) is 12.8. The molecule has 5 atom stereocenters. The van der Waals surface area contributed by atoms with Crippen molar-refractivity contribution in [3.8, 4) is 5.75 Å². The van der Waals surface area contributed by atoms with E-state index >= 15 is 0 Å². The molecule has 0 radical (unpaired) electrons. The first-order valence-corrected chi connectivity index (χ1v) is 15.3. The average Bonchev–Trinajstić information content (AvgIpc) is 2.80. The quantitative estimate of drug-likeness (QED) is 0.201. The summed E-state index contributed by atoms with van der Waals surface area (Å²) in [7, 11) is -0.897. The highest BCUT2D eigenvalue weighted by molar-refractivity contribution is 6.74. The Kier molecular flexibility index (Phi) is 10.5. The van der Waals surface area contributed by atoms with Crippen LogP contribution in [-0.4, -0.2) is 70.0 Å². The summed E-state index contributed by atoms with van der Waals surface area (Å²) >= 11 is 0. The fraction of sp³-hybridized carbons (Fsp3) is 0.615. The fourth-order valence-electron chi connectivity index (χ4n) is 3.58. The normalized spacial score (nSPS) is 23.4. The predicted octanol–water partition coefficient (Wildman–Crippen LogP) is 2.86. The molecule has 1 aliphatic rings. The van der Waals surface area contributed by atoms with Gasteiger partial charge in [0.25, 0.3) is 0 Å². The van der Waals surface area contributed by atoms with E-state index in [4.69, 9.17) is 38.6 Å². The largest absolute Gasteiger partial charge is 0.467 e. The van der Waals surface area contributed by atoms with Crippen molar-refractivity contribution < 1.29 is 52.0 Å². The van der Waals surface area contributed by atoms with Gasteiger partial charge in [0.1, 0.15) is 5.75 Å². The minimum Gasteiger partial charge on any atom is -0.467 e. The topological polar surface area (TPSA) is 159 Å². The molecule has 1 saturated heterocycles. The zero-order valence-corrected chi connectivity index (χ0v) is 24.9. The Hall–Kier alpha value is -3.16. The molecule has 1 fully saturated rings. The van der Waals surface area contributed by atoms with Gasteiger partial charge in [-0.3, -0.25) is 14.4 Å². The molecule has 2 N–H and O–H groups in total. The van der Waals surface area contributed by atoms with Crippen LogP contribution in [0.4, 0.5) is 5.69 Å². The van der Waals surface area contributed by atoms with Crippen molar-refractivity contribution >= 4 is 37.9 Å². The summed E-state index contributed by atoms with van der Waals surface area (Å²) in [4.78, 5) is 48.3. The van der Waals surface area contributed by atoms with Gasteiger partial charge in [-0.2, -0.15) is 0 Å². The van der Waals surface area contributed by atoms with Gasteiger partial charge in [-0.05, 0) is 35.8 Å². The monoisotopic (exact) mass is 569 g/mol. The van der Waals surface area contributed by atoms with Crippen molar-refractivity contribution in [2.75, 3.05) is 12.8 Å². The molecule has 1 aromatic carbocycles. The third-order valence-electron chi connectivity index (χ3n) is 6.56. The van der Waals surface area contributed by atoms with Crippen molar-refractivity contribution in [1.82, 2.24) is 0 Å². The number of hydrogen-bond donors (Lipinski definition) is 1. The molecule has 0 spiro atoms. The number of hydrogen-bond acceptors (Lipinski definition) is 12. The van der Waals surface area contributed by atoms with Gasteiger partial charge in [0.05, 0.1) is 19.4 Å². The van der Waals surface area contributed by atoms with Crippen LogP contribution in [0.5, 0.6) is 5.75 Å². The van der Waals surface area contributed by atoms with Crippen molar-refractivity contribution in [2.45, 2.75) is 97.0 Å². The summed E-state index contributed by atoms with van der Waals surface area (Å²) in [6.07, 6.45) is -7.45. The molecule has 0 aliphatic carbocycles. The van der Waals surface area contributed by atoms with E-state index in [9.17, 15) is 19.2 Å². The molecule has 13 heteroatoms. The second-order valence-electron chi connectivity index (χ2n) is 10.7. The van der Waals surface area contributed by atoms with E-state index in [1.807, 2.05) is 0 Å². The Bertz CT molecular complexity index is 1070. The number of methoxy groups -OCH3 is 1. The zero-order valence-electron chi connectivity index (χ0n) is 23.9. The number of rotatable bonds is 9. The number of carbonyl (C=O) groups excluding carboxylic acids is 4. The van der Waals surface area contributed by atoms with Crippen LogP contribution in [0.1, 0.15) is 47.1 Å². The van der Waals surface area contributed by atoms with Crippen molar-refractivity contribution in [3.63, 3.8) is 0 Å². The van der Waals surface area contributed by atoms with Gasteiger partial charge in [-0.15, -0.1) is 0 Å². The van der Waals surface area contributed by atoms with Crippen molar-refractivity contribution in [1.29, 1.82) is 0 Å². The fourth-order valence-corrected chi connectivity index (χ4v) is 4.54. The summed E-state index contributed by atoms with van der Waals surface area (Å²) in [5.41, 5.74) is 7.29. The molecule has 218 valence electrons. The minimum atomic E-state index is -2.00. The molecule has 39 heavy (non-hydrogen) atoms. The highest BCUT2D eigenvalue weighted by Gasteiger charge is 2.56. The van der Waals surface area contributed by atoms with E-state index in [-0.39, 0.29) is 16.5 Å². The Labute approximate surface area is 229 Å². The van der Waals surface area contributed by atoms with Gasteiger partial charge in [0, 0.05) is 20.8 Å². The molecule has 12 nitrogen and oxygen atoms in total. The molecule has 2 rings (SSSR count). The third kappa shape index (κ3) is 8.41. The van der Waals surface area contributed by atoms with E-state index in [0.717, 1.165) is 33.4 Å². The first-order chi connectivity index (χ1) is 18.0. The molecular formula is C26H39NO11Si. The first kappa shape index (κ1) is 32.1. The van der Waals surface area contributed by atoms with Crippen LogP contribution in [0.15, 0.2) is 18.2 Å². The number of anilines is 1. The van der Waals surface area contributed by atoms with E-state index < -0.39 is 62.9 Å².